The maximum Gasteiger partial charge on any atom is 0.125 e. The SMILES string of the molecule is CCOc1cccc(C#N)c1C(C)Cl. The zero-order valence-electron chi connectivity index (χ0n) is 8.25. The van der Waals surface area contributed by atoms with Crippen LogP contribution in [0.5, 0.6) is 5.75 Å². The number of nitriles is 1. The molecule has 1 rings (SSSR count). The van der Waals surface area contributed by atoms with E-state index in [-0.39, 0.29) is 5.38 Å². The normalized spacial score (nSPS) is 11.9. The van der Waals surface area contributed by atoms with Crippen LogP contribution in [0, 0.1) is 11.3 Å². The van der Waals surface area contributed by atoms with Crippen LogP contribution in [0.4, 0.5) is 0 Å². The minimum atomic E-state index is -0.215. The molecule has 0 aromatic heterocycles. The molecule has 0 heterocycles. The highest BCUT2D eigenvalue weighted by molar-refractivity contribution is 6.21. The highest BCUT2D eigenvalue weighted by Crippen LogP contribution is 2.32. The molecule has 0 aliphatic carbocycles. The summed E-state index contributed by atoms with van der Waals surface area (Å²) in [5.41, 5.74) is 1.36. The Morgan fingerprint density at radius 2 is 2.29 bits per heavy atom. The fourth-order valence-electron chi connectivity index (χ4n) is 1.33. The second-order valence-electron chi connectivity index (χ2n) is 2.88. The predicted octanol–water partition coefficient (Wildman–Crippen LogP) is 3.26. The van der Waals surface area contributed by atoms with Crippen LogP contribution in [0.1, 0.15) is 30.4 Å². The maximum absolute atomic E-state index is 8.90. The maximum atomic E-state index is 8.90. The first kappa shape index (κ1) is 10.9. The van der Waals surface area contributed by atoms with Gasteiger partial charge in [0, 0.05) is 5.56 Å². The first-order chi connectivity index (χ1) is 6.70. The highest BCUT2D eigenvalue weighted by atomic mass is 35.5. The molecule has 1 atom stereocenters. The van der Waals surface area contributed by atoms with Crippen LogP contribution >= 0.6 is 11.6 Å². The van der Waals surface area contributed by atoms with Crippen LogP contribution < -0.4 is 4.74 Å². The second-order valence-corrected chi connectivity index (χ2v) is 3.53. The van der Waals surface area contributed by atoms with Gasteiger partial charge in [0.25, 0.3) is 0 Å². The molecule has 0 radical (unpaired) electrons. The summed E-state index contributed by atoms with van der Waals surface area (Å²) in [7, 11) is 0. The Morgan fingerprint density at radius 3 is 2.79 bits per heavy atom. The van der Waals surface area contributed by atoms with E-state index in [4.69, 9.17) is 21.6 Å². The predicted molar refractivity (Wildman–Crippen MR) is 56.6 cm³/mol. The van der Waals surface area contributed by atoms with Crippen LogP contribution in [-0.4, -0.2) is 6.61 Å². The van der Waals surface area contributed by atoms with Gasteiger partial charge in [0.2, 0.25) is 0 Å². The molecule has 0 aliphatic heterocycles. The molecular weight excluding hydrogens is 198 g/mol. The van der Waals surface area contributed by atoms with Gasteiger partial charge in [0.1, 0.15) is 5.75 Å². The Bertz CT molecular complexity index is 355. The molecule has 1 aromatic rings. The number of hydrogen-bond donors (Lipinski definition) is 0. The van der Waals surface area contributed by atoms with Crippen LogP contribution in [0.2, 0.25) is 0 Å². The lowest BCUT2D eigenvalue weighted by atomic mass is 10.0. The standard InChI is InChI=1S/C11H12ClNO/c1-3-14-10-6-4-5-9(7-13)11(10)8(2)12/h4-6,8H,3H2,1-2H3. The van der Waals surface area contributed by atoms with Gasteiger partial charge in [-0.25, -0.2) is 0 Å². The van der Waals surface area contributed by atoms with Crippen LogP contribution in [0.15, 0.2) is 18.2 Å². The van der Waals surface area contributed by atoms with Gasteiger partial charge in [-0.3, -0.25) is 0 Å². The third-order valence-electron chi connectivity index (χ3n) is 1.88. The van der Waals surface area contributed by atoms with Crippen molar-refractivity contribution in [3.05, 3.63) is 29.3 Å². The van der Waals surface area contributed by atoms with Crippen molar-refractivity contribution in [1.29, 1.82) is 5.26 Å². The van der Waals surface area contributed by atoms with Crippen LogP contribution in [0.3, 0.4) is 0 Å². The Kier molecular flexibility index (Phi) is 3.79. The number of benzene rings is 1. The molecule has 0 fully saturated rings. The summed E-state index contributed by atoms with van der Waals surface area (Å²) in [5, 5.41) is 8.68. The van der Waals surface area contributed by atoms with Crippen molar-refractivity contribution in [2.45, 2.75) is 19.2 Å². The molecule has 0 N–H and O–H groups in total. The first-order valence-corrected chi connectivity index (χ1v) is 4.94. The van der Waals surface area contributed by atoms with E-state index in [2.05, 4.69) is 6.07 Å². The Morgan fingerprint density at radius 1 is 1.57 bits per heavy atom. The van der Waals surface area contributed by atoms with E-state index in [1.165, 1.54) is 0 Å². The fourth-order valence-corrected chi connectivity index (χ4v) is 1.56. The van der Waals surface area contributed by atoms with E-state index in [1.54, 1.807) is 12.1 Å². The Labute approximate surface area is 89.1 Å². The summed E-state index contributed by atoms with van der Waals surface area (Å²) in [6.07, 6.45) is 0. The van der Waals surface area contributed by atoms with Gasteiger partial charge in [0.15, 0.2) is 0 Å². The number of rotatable bonds is 3. The largest absolute Gasteiger partial charge is 0.493 e. The van der Waals surface area contributed by atoms with Crippen molar-refractivity contribution in [1.82, 2.24) is 0 Å². The molecule has 0 bridgehead atoms. The lowest BCUT2D eigenvalue weighted by Crippen LogP contribution is -1.99. The smallest absolute Gasteiger partial charge is 0.125 e. The summed E-state index contributed by atoms with van der Waals surface area (Å²) in [5.74, 6) is 0.703. The number of halogens is 1. The van der Waals surface area contributed by atoms with Crippen molar-refractivity contribution in [2.24, 2.45) is 0 Å². The minimum Gasteiger partial charge on any atom is -0.493 e. The average molecular weight is 210 g/mol. The number of ether oxygens (including phenoxy) is 1. The third kappa shape index (κ3) is 2.18. The Hall–Kier alpha value is -1.20. The van der Waals surface area contributed by atoms with Gasteiger partial charge in [-0.1, -0.05) is 6.07 Å². The first-order valence-electron chi connectivity index (χ1n) is 4.50. The summed E-state index contributed by atoms with van der Waals surface area (Å²) in [4.78, 5) is 0. The van der Waals surface area contributed by atoms with E-state index in [9.17, 15) is 0 Å². The van der Waals surface area contributed by atoms with E-state index in [0.29, 0.717) is 17.9 Å². The summed E-state index contributed by atoms with van der Waals surface area (Å²) < 4.78 is 5.41. The molecule has 3 heteroatoms. The topological polar surface area (TPSA) is 33.0 Å². The molecule has 14 heavy (non-hydrogen) atoms. The van der Waals surface area contributed by atoms with E-state index >= 15 is 0 Å². The van der Waals surface area contributed by atoms with Crippen molar-refractivity contribution in [2.75, 3.05) is 6.61 Å². The minimum absolute atomic E-state index is 0.215. The van der Waals surface area contributed by atoms with Gasteiger partial charge in [0.05, 0.1) is 23.6 Å². The average Bonchev–Trinajstić information content (AvgIpc) is 2.17. The van der Waals surface area contributed by atoms with Crippen molar-refractivity contribution >= 4 is 11.6 Å². The Balaban J connectivity index is 3.22. The monoisotopic (exact) mass is 209 g/mol. The van der Waals surface area contributed by atoms with Gasteiger partial charge in [-0.2, -0.15) is 5.26 Å². The van der Waals surface area contributed by atoms with Crippen molar-refractivity contribution in [3.63, 3.8) is 0 Å². The van der Waals surface area contributed by atoms with E-state index in [0.717, 1.165) is 5.56 Å². The molecule has 1 unspecified atom stereocenters. The number of alkyl halides is 1. The lowest BCUT2D eigenvalue weighted by Gasteiger charge is -2.12. The second kappa shape index (κ2) is 4.88. The van der Waals surface area contributed by atoms with E-state index in [1.807, 2.05) is 19.9 Å². The molecule has 0 spiro atoms. The van der Waals surface area contributed by atoms with Gasteiger partial charge in [-0.05, 0) is 26.0 Å². The zero-order valence-corrected chi connectivity index (χ0v) is 9.01. The quantitative estimate of drug-likeness (QED) is 0.716. The van der Waals surface area contributed by atoms with Gasteiger partial charge in [-0.15, -0.1) is 11.6 Å². The van der Waals surface area contributed by atoms with Crippen LogP contribution in [-0.2, 0) is 0 Å². The van der Waals surface area contributed by atoms with Crippen LogP contribution in [0.25, 0.3) is 0 Å². The fraction of sp³-hybridized carbons (Fsp3) is 0.364. The summed E-state index contributed by atoms with van der Waals surface area (Å²) in [6.45, 7) is 4.31. The molecule has 0 amide bonds. The van der Waals surface area contributed by atoms with Crippen molar-refractivity contribution < 1.29 is 4.74 Å². The lowest BCUT2D eigenvalue weighted by molar-refractivity contribution is 0.336. The molecule has 0 aliphatic rings. The molecular formula is C11H12ClNO. The molecule has 2 nitrogen and oxygen atoms in total. The molecule has 0 saturated heterocycles. The molecule has 1 aromatic carbocycles. The summed E-state index contributed by atoms with van der Waals surface area (Å²) >= 11 is 6.00. The molecule has 0 saturated carbocycles. The van der Waals surface area contributed by atoms with Crippen molar-refractivity contribution in [3.8, 4) is 11.8 Å². The van der Waals surface area contributed by atoms with Gasteiger partial charge < -0.3 is 4.74 Å². The van der Waals surface area contributed by atoms with E-state index < -0.39 is 0 Å². The number of hydrogen-bond acceptors (Lipinski definition) is 2. The highest BCUT2D eigenvalue weighted by Gasteiger charge is 2.13. The molecule has 74 valence electrons. The number of nitrogens with zero attached hydrogens (tertiary/aromatic N) is 1. The summed E-state index contributed by atoms with van der Waals surface area (Å²) in [6, 6.07) is 7.49. The van der Waals surface area contributed by atoms with Gasteiger partial charge >= 0.3 is 0 Å². The third-order valence-corrected chi connectivity index (χ3v) is 2.10. The zero-order chi connectivity index (χ0) is 10.6.